The number of rotatable bonds is 4. The summed E-state index contributed by atoms with van der Waals surface area (Å²) >= 11 is 1.89. The predicted molar refractivity (Wildman–Crippen MR) is 241 cm³/mol. The highest BCUT2D eigenvalue weighted by atomic mass is 32.1. The molecule has 0 amide bonds. The SMILES string of the molecule is CC12C=CC=CC1C=C(n1c3ccccc3c3cc(-c4ccc(-n5c6ccccc6c6ccc(-c7cccc8c7sc7ccccc78)cc65)cc4)ccc31)C=C2. The molecule has 2 unspecified atom stereocenters. The first-order chi connectivity index (χ1) is 27.6. The highest BCUT2D eigenvalue weighted by Crippen LogP contribution is 2.44. The molecule has 0 fully saturated rings. The molecule has 3 heteroatoms. The maximum Gasteiger partial charge on any atom is 0.0547 e. The van der Waals surface area contributed by atoms with Crippen LogP contribution in [0.15, 0.2) is 194 Å². The topological polar surface area (TPSA) is 9.86 Å². The first-order valence-electron chi connectivity index (χ1n) is 19.5. The molecular formula is C53H36N2S. The number of nitrogens with zero attached hydrogens (tertiary/aromatic N) is 2. The van der Waals surface area contributed by atoms with Crippen molar-refractivity contribution in [1.82, 2.24) is 9.13 Å². The lowest BCUT2D eigenvalue weighted by molar-refractivity contribution is 0.453. The number of fused-ring (bicyclic) bond motifs is 10. The fourth-order valence-corrected chi connectivity index (χ4v) is 10.7. The van der Waals surface area contributed by atoms with E-state index in [1.807, 2.05) is 11.3 Å². The standard InChI is InChI=1S/C53H36N2S/c1-53-29-9-8-11-37(53)33-39(28-30-53)55-48-18-6-3-13-42(48)46-31-35(23-27-49(46)55)34-20-24-38(25-21-34)54-47-17-5-2-12-41(47)43-26-22-36(32-50(43)54)40-15-10-16-45-44-14-4-7-19-51(44)56-52(40)45/h2-33,37H,1H3. The third kappa shape index (κ3) is 4.62. The summed E-state index contributed by atoms with van der Waals surface area (Å²) in [4.78, 5) is 0. The van der Waals surface area contributed by atoms with Gasteiger partial charge in [0.25, 0.3) is 0 Å². The zero-order chi connectivity index (χ0) is 37.0. The second kappa shape index (κ2) is 11.9. The maximum atomic E-state index is 2.44. The third-order valence-corrected chi connectivity index (χ3v) is 13.6. The van der Waals surface area contributed by atoms with Crippen molar-refractivity contribution < 1.29 is 0 Å². The molecule has 3 aromatic heterocycles. The largest absolute Gasteiger partial charge is 0.310 e. The summed E-state index contributed by atoms with van der Waals surface area (Å²) in [7, 11) is 0. The molecule has 2 aliphatic carbocycles. The Balaban J connectivity index is 0.965. The Morgan fingerprint density at radius 2 is 1.18 bits per heavy atom. The lowest BCUT2D eigenvalue weighted by Crippen LogP contribution is -2.24. The van der Waals surface area contributed by atoms with Crippen LogP contribution in [0.4, 0.5) is 0 Å². The van der Waals surface area contributed by atoms with Crippen LogP contribution in [0.25, 0.3) is 97.4 Å². The van der Waals surface area contributed by atoms with Crippen molar-refractivity contribution in [1.29, 1.82) is 0 Å². The summed E-state index contributed by atoms with van der Waals surface area (Å²) in [5, 5.41) is 7.73. The summed E-state index contributed by atoms with van der Waals surface area (Å²) in [6.45, 7) is 2.32. The summed E-state index contributed by atoms with van der Waals surface area (Å²) in [5.41, 5.74) is 12.2. The van der Waals surface area contributed by atoms with Gasteiger partial charge >= 0.3 is 0 Å². The van der Waals surface area contributed by atoms with E-state index in [1.54, 1.807) is 0 Å². The van der Waals surface area contributed by atoms with E-state index in [-0.39, 0.29) is 5.41 Å². The lowest BCUT2D eigenvalue weighted by Gasteiger charge is -2.34. The van der Waals surface area contributed by atoms with Gasteiger partial charge in [0.2, 0.25) is 0 Å². The fraction of sp³-hybridized carbons (Fsp3) is 0.0566. The Hall–Kier alpha value is -6.68. The van der Waals surface area contributed by atoms with Crippen LogP contribution in [0.5, 0.6) is 0 Å². The Bertz CT molecular complexity index is 3380. The number of hydrogen-bond donors (Lipinski definition) is 0. The Kier molecular flexibility index (Phi) is 6.73. The Morgan fingerprint density at radius 1 is 0.500 bits per heavy atom. The van der Waals surface area contributed by atoms with E-state index < -0.39 is 0 Å². The van der Waals surface area contributed by atoms with Crippen LogP contribution in [0.3, 0.4) is 0 Å². The molecule has 12 rings (SSSR count). The van der Waals surface area contributed by atoms with Gasteiger partial charge < -0.3 is 9.13 Å². The van der Waals surface area contributed by atoms with E-state index in [0.717, 1.165) is 5.69 Å². The molecule has 3 heterocycles. The monoisotopic (exact) mass is 732 g/mol. The van der Waals surface area contributed by atoms with Gasteiger partial charge in [-0.05, 0) is 76.9 Å². The molecule has 56 heavy (non-hydrogen) atoms. The molecule has 0 N–H and O–H groups in total. The molecular weight excluding hydrogens is 697 g/mol. The molecule has 7 aromatic carbocycles. The van der Waals surface area contributed by atoms with E-state index in [9.17, 15) is 0 Å². The van der Waals surface area contributed by atoms with Crippen LogP contribution in [0, 0.1) is 11.3 Å². The summed E-state index contributed by atoms with van der Waals surface area (Å²) < 4.78 is 7.55. The van der Waals surface area contributed by atoms with Gasteiger partial charge in [-0.1, -0.05) is 147 Å². The smallest absolute Gasteiger partial charge is 0.0547 e. The van der Waals surface area contributed by atoms with Crippen molar-refractivity contribution >= 4 is 80.8 Å². The van der Waals surface area contributed by atoms with E-state index in [2.05, 4.69) is 210 Å². The van der Waals surface area contributed by atoms with Gasteiger partial charge in [0.1, 0.15) is 0 Å². The van der Waals surface area contributed by atoms with Crippen molar-refractivity contribution in [3.63, 3.8) is 0 Å². The fourth-order valence-electron chi connectivity index (χ4n) is 9.44. The average molecular weight is 733 g/mol. The highest BCUT2D eigenvalue weighted by molar-refractivity contribution is 7.26. The maximum absolute atomic E-state index is 2.44. The molecule has 0 aliphatic heterocycles. The molecule has 2 nitrogen and oxygen atoms in total. The van der Waals surface area contributed by atoms with E-state index in [1.165, 1.54) is 91.7 Å². The average Bonchev–Trinajstić information content (AvgIpc) is 3.91. The molecule has 264 valence electrons. The van der Waals surface area contributed by atoms with Crippen molar-refractivity contribution in [2.75, 3.05) is 0 Å². The van der Waals surface area contributed by atoms with Crippen LogP contribution in [0.1, 0.15) is 6.92 Å². The Morgan fingerprint density at radius 3 is 2.04 bits per heavy atom. The second-order valence-electron chi connectivity index (χ2n) is 15.6. The minimum absolute atomic E-state index is 0.0200. The van der Waals surface area contributed by atoms with Crippen LogP contribution in [-0.4, -0.2) is 9.13 Å². The van der Waals surface area contributed by atoms with Crippen molar-refractivity contribution in [2.45, 2.75) is 6.92 Å². The minimum atomic E-state index is 0.0200. The highest BCUT2D eigenvalue weighted by Gasteiger charge is 2.31. The Labute approximate surface area is 328 Å². The van der Waals surface area contributed by atoms with Gasteiger partial charge in [-0.2, -0.15) is 0 Å². The van der Waals surface area contributed by atoms with E-state index in [0.29, 0.717) is 5.92 Å². The number of para-hydroxylation sites is 2. The molecule has 0 radical (unpaired) electrons. The number of thiophene rings is 1. The van der Waals surface area contributed by atoms with E-state index in [4.69, 9.17) is 0 Å². The van der Waals surface area contributed by atoms with Gasteiger partial charge in [0.05, 0.1) is 22.1 Å². The van der Waals surface area contributed by atoms with Crippen LogP contribution >= 0.6 is 11.3 Å². The first kappa shape index (κ1) is 31.6. The number of allylic oxidation sites excluding steroid dienone is 8. The summed E-state index contributed by atoms with van der Waals surface area (Å²) in [6, 6.07) is 56.3. The first-order valence-corrected chi connectivity index (χ1v) is 20.3. The van der Waals surface area contributed by atoms with Crippen LogP contribution in [0.2, 0.25) is 0 Å². The molecule has 10 aromatic rings. The molecule has 0 saturated heterocycles. The van der Waals surface area contributed by atoms with Gasteiger partial charge in [0, 0.05) is 64.4 Å². The van der Waals surface area contributed by atoms with Gasteiger partial charge in [0.15, 0.2) is 0 Å². The molecule has 0 spiro atoms. The zero-order valence-electron chi connectivity index (χ0n) is 30.9. The lowest BCUT2D eigenvalue weighted by atomic mass is 9.71. The summed E-state index contributed by atoms with van der Waals surface area (Å²) in [6.07, 6.45) is 16.1. The number of benzene rings is 7. The van der Waals surface area contributed by atoms with Gasteiger partial charge in [-0.15, -0.1) is 11.3 Å². The van der Waals surface area contributed by atoms with Gasteiger partial charge in [-0.3, -0.25) is 0 Å². The molecule has 2 aliphatic rings. The summed E-state index contributed by atoms with van der Waals surface area (Å²) in [5.74, 6) is 0.332. The number of aromatic nitrogens is 2. The molecule has 0 saturated carbocycles. The third-order valence-electron chi connectivity index (χ3n) is 12.3. The van der Waals surface area contributed by atoms with Crippen LogP contribution < -0.4 is 0 Å². The predicted octanol–water partition coefficient (Wildman–Crippen LogP) is 14.8. The number of hydrogen-bond acceptors (Lipinski definition) is 1. The van der Waals surface area contributed by atoms with Crippen molar-refractivity contribution in [3.8, 4) is 27.9 Å². The quantitative estimate of drug-likeness (QED) is 0.170. The second-order valence-corrected chi connectivity index (χ2v) is 16.6. The van der Waals surface area contributed by atoms with Crippen molar-refractivity contribution in [2.24, 2.45) is 11.3 Å². The van der Waals surface area contributed by atoms with Gasteiger partial charge in [-0.25, -0.2) is 0 Å². The zero-order valence-corrected chi connectivity index (χ0v) is 31.7. The van der Waals surface area contributed by atoms with E-state index >= 15 is 0 Å². The van der Waals surface area contributed by atoms with Crippen molar-refractivity contribution in [3.05, 3.63) is 194 Å². The minimum Gasteiger partial charge on any atom is -0.310 e. The molecule has 0 bridgehead atoms. The van der Waals surface area contributed by atoms with Crippen LogP contribution in [-0.2, 0) is 0 Å². The molecule has 2 atom stereocenters. The normalized spacial score (nSPS) is 17.9.